The number of carbonyl (C=O) groups excluding carboxylic acids is 3. The summed E-state index contributed by atoms with van der Waals surface area (Å²) >= 11 is 1.18. The molecular weight excluding hydrogens is 584 g/mol. The van der Waals surface area contributed by atoms with Crippen LogP contribution in [0.5, 0.6) is 0 Å². The lowest BCUT2D eigenvalue weighted by Gasteiger charge is -2.35. The molecule has 0 saturated carbocycles. The number of hydrogen-bond donors (Lipinski definition) is 3. The normalized spacial score (nSPS) is 14.6. The highest BCUT2D eigenvalue weighted by Crippen LogP contribution is 2.36. The second-order valence-corrected chi connectivity index (χ2v) is 11.6. The molecule has 5 rings (SSSR count). The number of nitrogens with zero attached hydrogens (tertiary/aromatic N) is 6. The number of aliphatic hydroxyl groups is 1. The number of nitrogens with one attached hydrogen (secondary N) is 2. The van der Waals surface area contributed by atoms with Crippen LogP contribution < -0.4 is 20.4 Å². The van der Waals surface area contributed by atoms with Crippen molar-refractivity contribution >= 4 is 51.8 Å². The van der Waals surface area contributed by atoms with E-state index in [1.54, 1.807) is 18.7 Å². The minimum absolute atomic E-state index is 0.0596. The molecule has 4 heterocycles. The van der Waals surface area contributed by atoms with Crippen molar-refractivity contribution in [1.82, 2.24) is 25.2 Å². The van der Waals surface area contributed by atoms with E-state index in [0.717, 1.165) is 36.3 Å². The van der Waals surface area contributed by atoms with Gasteiger partial charge in [0.25, 0.3) is 5.91 Å². The zero-order valence-corrected chi connectivity index (χ0v) is 26.1. The minimum Gasteiger partial charge on any atom is -0.462 e. The summed E-state index contributed by atoms with van der Waals surface area (Å²) in [5, 5.41) is 15.8. The lowest BCUT2D eigenvalue weighted by molar-refractivity contribution is -0.120. The predicted molar refractivity (Wildman–Crippen MR) is 168 cm³/mol. The van der Waals surface area contributed by atoms with E-state index in [1.807, 2.05) is 36.1 Å². The Morgan fingerprint density at radius 1 is 1.14 bits per heavy atom. The van der Waals surface area contributed by atoms with Gasteiger partial charge in [0, 0.05) is 50.4 Å². The third-order valence-electron chi connectivity index (χ3n) is 7.55. The van der Waals surface area contributed by atoms with Crippen LogP contribution in [0.25, 0.3) is 0 Å². The Bertz CT molecular complexity index is 1510. The van der Waals surface area contributed by atoms with Gasteiger partial charge in [-0.05, 0) is 51.3 Å². The summed E-state index contributed by atoms with van der Waals surface area (Å²) < 4.78 is 5.16. The standard InChI is InChI=1S/C30H38N8O5S/c1-4-36(15-16-39)27(41)21-10-8-20(9-11-21)17-37-13-6-7-22-25(37)33-29(34-26(22)38-14-12-31-23(40)18-38)35-30-32-19(3)24(44-30)28(42)43-5-2/h8-11,39H,4-7,12-18H2,1-3H3,(H,31,40)(H,32,33,34,35). The van der Waals surface area contributed by atoms with Crippen LogP contribution in [0.2, 0.25) is 0 Å². The number of fused-ring (bicyclic) bond motifs is 1. The van der Waals surface area contributed by atoms with Crippen LogP contribution in [0.3, 0.4) is 0 Å². The Morgan fingerprint density at radius 2 is 1.91 bits per heavy atom. The monoisotopic (exact) mass is 622 g/mol. The Labute approximate surface area is 260 Å². The molecule has 0 radical (unpaired) electrons. The number of benzene rings is 1. The first-order chi connectivity index (χ1) is 21.3. The fourth-order valence-electron chi connectivity index (χ4n) is 5.40. The van der Waals surface area contributed by atoms with Crippen molar-refractivity contribution in [3.63, 3.8) is 0 Å². The van der Waals surface area contributed by atoms with Gasteiger partial charge >= 0.3 is 5.97 Å². The second-order valence-electron chi connectivity index (χ2n) is 10.6. The van der Waals surface area contributed by atoms with Crippen LogP contribution in [0.15, 0.2) is 24.3 Å². The van der Waals surface area contributed by atoms with E-state index >= 15 is 0 Å². The van der Waals surface area contributed by atoms with Gasteiger partial charge in [-0.1, -0.05) is 23.5 Å². The van der Waals surface area contributed by atoms with E-state index in [0.29, 0.717) is 65.8 Å². The number of hydrogen-bond acceptors (Lipinski definition) is 12. The Kier molecular flexibility index (Phi) is 9.90. The molecular formula is C30H38N8O5S. The second kappa shape index (κ2) is 14.0. The topological polar surface area (TPSA) is 153 Å². The maximum absolute atomic E-state index is 12.8. The molecule has 2 amide bonds. The molecule has 2 aliphatic heterocycles. The molecule has 14 heteroatoms. The average Bonchev–Trinajstić information content (AvgIpc) is 3.39. The number of ether oxygens (including phenoxy) is 1. The SMILES string of the molecule is CCOC(=O)c1sc(Nc2nc(N3CCNC(=O)C3)c3c(n2)N(Cc2ccc(C(=O)N(CC)CCO)cc2)CCC3)nc1C. The summed E-state index contributed by atoms with van der Waals surface area (Å²) in [7, 11) is 0. The molecule has 234 valence electrons. The van der Waals surface area contributed by atoms with Gasteiger partial charge in [0.05, 0.1) is 25.5 Å². The summed E-state index contributed by atoms with van der Waals surface area (Å²) in [5.41, 5.74) is 3.13. The fraction of sp³-hybridized carbons (Fsp3) is 0.467. The molecule has 1 fully saturated rings. The van der Waals surface area contributed by atoms with Gasteiger partial charge < -0.3 is 29.9 Å². The Hall–Kier alpha value is -4.30. The summed E-state index contributed by atoms with van der Waals surface area (Å²) in [6.07, 6.45) is 1.67. The summed E-state index contributed by atoms with van der Waals surface area (Å²) in [6, 6.07) is 7.53. The van der Waals surface area contributed by atoms with Gasteiger partial charge in [0.15, 0.2) is 5.13 Å². The minimum atomic E-state index is -0.420. The highest BCUT2D eigenvalue weighted by Gasteiger charge is 2.29. The molecule has 2 aliphatic rings. The zero-order valence-electron chi connectivity index (χ0n) is 25.3. The Morgan fingerprint density at radius 3 is 2.61 bits per heavy atom. The molecule has 3 N–H and O–H groups in total. The van der Waals surface area contributed by atoms with E-state index in [-0.39, 0.29) is 31.6 Å². The number of thiazole rings is 1. The molecule has 0 spiro atoms. The van der Waals surface area contributed by atoms with E-state index < -0.39 is 5.97 Å². The van der Waals surface area contributed by atoms with Gasteiger partial charge in [-0.3, -0.25) is 14.9 Å². The number of anilines is 4. The first-order valence-electron chi connectivity index (χ1n) is 14.9. The zero-order chi connectivity index (χ0) is 31.2. The van der Waals surface area contributed by atoms with Crippen molar-refractivity contribution in [2.24, 2.45) is 0 Å². The van der Waals surface area contributed by atoms with Crippen LogP contribution in [0.1, 0.15) is 57.1 Å². The maximum atomic E-state index is 12.8. The molecule has 0 bridgehead atoms. The van der Waals surface area contributed by atoms with E-state index in [1.165, 1.54) is 11.3 Å². The van der Waals surface area contributed by atoms with Crippen LogP contribution in [0.4, 0.5) is 22.7 Å². The van der Waals surface area contributed by atoms with Gasteiger partial charge in [-0.2, -0.15) is 9.97 Å². The lowest BCUT2D eigenvalue weighted by atomic mass is 10.0. The Balaban J connectivity index is 1.44. The first kappa shape index (κ1) is 31.1. The van der Waals surface area contributed by atoms with Crippen molar-refractivity contribution in [3.8, 4) is 0 Å². The number of piperazine rings is 1. The number of esters is 1. The number of likely N-dealkylation sites (N-methyl/N-ethyl adjacent to an activating group) is 1. The maximum Gasteiger partial charge on any atom is 0.350 e. The number of aliphatic hydroxyl groups excluding tert-OH is 1. The lowest BCUT2D eigenvalue weighted by Crippen LogP contribution is -2.48. The summed E-state index contributed by atoms with van der Waals surface area (Å²) in [6.45, 7) is 9.10. The highest BCUT2D eigenvalue weighted by molar-refractivity contribution is 7.17. The molecule has 1 saturated heterocycles. The van der Waals surface area contributed by atoms with Crippen LogP contribution in [-0.4, -0.2) is 95.2 Å². The van der Waals surface area contributed by atoms with Crippen LogP contribution in [0, 0.1) is 6.92 Å². The number of aromatic nitrogens is 3. The summed E-state index contributed by atoms with van der Waals surface area (Å²) in [5.74, 6) is 1.21. The molecule has 0 unspecified atom stereocenters. The van der Waals surface area contributed by atoms with E-state index in [9.17, 15) is 19.5 Å². The number of carbonyl (C=O) groups is 3. The average molecular weight is 623 g/mol. The number of amides is 2. The molecule has 2 aromatic heterocycles. The van der Waals surface area contributed by atoms with Gasteiger partial charge in [0.1, 0.15) is 16.5 Å². The van der Waals surface area contributed by atoms with Gasteiger partial charge in [0.2, 0.25) is 11.9 Å². The van der Waals surface area contributed by atoms with Gasteiger partial charge in [-0.25, -0.2) is 9.78 Å². The first-order valence-corrected chi connectivity index (χ1v) is 15.7. The van der Waals surface area contributed by atoms with Crippen molar-refractivity contribution < 1.29 is 24.2 Å². The molecule has 1 aromatic carbocycles. The summed E-state index contributed by atoms with van der Waals surface area (Å²) in [4.78, 5) is 58.0. The molecule has 0 atom stereocenters. The molecule has 0 aliphatic carbocycles. The quantitative estimate of drug-likeness (QED) is 0.270. The third kappa shape index (κ3) is 6.91. The van der Waals surface area contributed by atoms with Crippen molar-refractivity contribution in [3.05, 3.63) is 51.5 Å². The van der Waals surface area contributed by atoms with Crippen molar-refractivity contribution in [2.45, 2.75) is 40.2 Å². The van der Waals surface area contributed by atoms with Gasteiger partial charge in [-0.15, -0.1) is 0 Å². The largest absolute Gasteiger partial charge is 0.462 e. The van der Waals surface area contributed by atoms with E-state index in [2.05, 4.69) is 20.5 Å². The van der Waals surface area contributed by atoms with Crippen LogP contribution >= 0.6 is 11.3 Å². The molecule has 13 nitrogen and oxygen atoms in total. The van der Waals surface area contributed by atoms with Crippen molar-refractivity contribution in [2.75, 3.05) is 67.6 Å². The molecule has 44 heavy (non-hydrogen) atoms. The highest BCUT2D eigenvalue weighted by atomic mass is 32.1. The smallest absolute Gasteiger partial charge is 0.350 e. The number of rotatable bonds is 11. The van der Waals surface area contributed by atoms with Crippen molar-refractivity contribution in [1.29, 1.82) is 0 Å². The third-order valence-corrected chi connectivity index (χ3v) is 8.60. The fourth-order valence-corrected chi connectivity index (χ4v) is 6.25. The number of aryl methyl sites for hydroxylation is 1. The van der Waals surface area contributed by atoms with Crippen LogP contribution in [-0.2, 0) is 22.5 Å². The predicted octanol–water partition coefficient (Wildman–Crippen LogP) is 2.51. The molecule has 3 aromatic rings. The van der Waals surface area contributed by atoms with E-state index in [4.69, 9.17) is 14.7 Å².